The van der Waals surface area contributed by atoms with Crippen LogP contribution in [0.4, 0.5) is 0 Å². The van der Waals surface area contributed by atoms with Crippen molar-refractivity contribution in [2.75, 3.05) is 0 Å². The Labute approximate surface area is 296 Å². The summed E-state index contributed by atoms with van der Waals surface area (Å²) < 4.78 is 28.3. The van der Waals surface area contributed by atoms with Gasteiger partial charge in [0.05, 0.1) is 20.8 Å². The van der Waals surface area contributed by atoms with Crippen molar-refractivity contribution in [2.24, 2.45) is 0 Å². The largest absolute Gasteiger partial charge is 0.309 e. The number of rotatable bonds is 6. The molecule has 3 nitrogen and oxygen atoms in total. The summed E-state index contributed by atoms with van der Waals surface area (Å²) in [5, 5.41) is 2.58. The molecule has 0 N–H and O–H groups in total. The molecule has 0 spiro atoms. The van der Waals surface area contributed by atoms with Crippen LogP contribution in [0.15, 0.2) is 149 Å². The molecule has 0 saturated carbocycles. The van der Waals surface area contributed by atoms with E-state index in [4.69, 9.17) is 0 Å². The molecule has 7 rings (SSSR count). The molecule has 0 fully saturated rings. The van der Waals surface area contributed by atoms with Crippen molar-refractivity contribution >= 4 is 43.8 Å². The van der Waals surface area contributed by atoms with Crippen molar-refractivity contribution in [3.8, 4) is 16.8 Å². The summed E-state index contributed by atoms with van der Waals surface area (Å²) in [6.45, 7) is 13.6. The Bertz CT molecular complexity index is 2380. The standard InChI is InChI=1S/C46H43NO2S/c1-45(2,3)36-22-28-43-41(30-36)42-31-37(46(4,5)6)23-29-44(42)47(43)38-24-16-33(17-25-38)13-12-32-14-18-34(19-15-32)35-20-26-40(27-21-35)50(48,49)39-10-8-7-9-11-39/h7-31H,1-6H3. The van der Waals surface area contributed by atoms with E-state index in [2.05, 4.69) is 143 Å². The monoisotopic (exact) mass is 673 g/mol. The molecule has 0 bridgehead atoms. The topological polar surface area (TPSA) is 39.1 Å². The van der Waals surface area contributed by atoms with Crippen LogP contribution in [0, 0.1) is 0 Å². The Morgan fingerprint density at radius 3 is 1.36 bits per heavy atom. The molecular formula is C46H43NO2S. The molecule has 0 aliphatic rings. The number of hydrogen-bond donors (Lipinski definition) is 0. The van der Waals surface area contributed by atoms with E-state index in [0.29, 0.717) is 9.79 Å². The van der Waals surface area contributed by atoms with E-state index in [9.17, 15) is 8.42 Å². The minimum atomic E-state index is -3.54. The van der Waals surface area contributed by atoms with Crippen molar-refractivity contribution in [2.45, 2.75) is 62.2 Å². The van der Waals surface area contributed by atoms with Gasteiger partial charge < -0.3 is 4.57 Å². The smallest absolute Gasteiger partial charge is 0.206 e. The number of hydrogen-bond acceptors (Lipinski definition) is 2. The fourth-order valence-electron chi connectivity index (χ4n) is 6.51. The van der Waals surface area contributed by atoms with Gasteiger partial charge in [-0.05, 0) is 105 Å². The molecule has 0 amide bonds. The van der Waals surface area contributed by atoms with E-state index in [0.717, 1.165) is 27.9 Å². The molecule has 0 aliphatic carbocycles. The zero-order chi connectivity index (χ0) is 35.3. The van der Waals surface area contributed by atoms with E-state index < -0.39 is 9.84 Å². The molecule has 250 valence electrons. The molecule has 0 radical (unpaired) electrons. The number of aromatic nitrogens is 1. The minimum absolute atomic E-state index is 0.0677. The first kappa shape index (κ1) is 33.3. The third-order valence-electron chi connectivity index (χ3n) is 9.58. The lowest BCUT2D eigenvalue weighted by Gasteiger charge is -2.19. The quantitative estimate of drug-likeness (QED) is 0.165. The highest BCUT2D eigenvalue weighted by Crippen LogP contribution is 2.37. The molecule has 0 saturated heterocycles. The first-order valence-corrected chi connectivity index (χ1v) is 18.7. The second kappa shape index (κ2) is 12.6. The van der Waals surface area contributed by atoms with Crippen LogP contribution in [0.2, 0.25) is 0 Å². The molecule has 0 atom stereocenters. The summed E-state index contributed by atoms with van der Waals surface area (Å²) in [7, 11) is -3.54. The number of sulfone groups is 1. The van der Waals surface area contributed by atoms with E-state index >= 15 is 0 Å². The van der Waals surface area contributed by atoms with Crippen molar-refractivity contribution in [3.05, 3.63) is 162 Å². The SMILES string of the molecule is CC(C)(C)c1ccc2c(c1)c1cc(C(C)(C)C)ccc1n2-c1ccc(C=Cc2ccc(-c3ccc(S(=O)(=O)c4ccccc4)cc3)cc2)cc1. The first-order chi connectivity index (χ1) is 23.8. The lowest BCUT2D eigenvalue weighted by atomic mass is 9.85. The van der Waals surface area contributed by atoms with Crippen LogP contribution in [-0.2, 0) is 20.7 Å². The highest BCUT2D eigenvalue weighted by molar-refractivity contribution is 7.91. The van der Waals surface area contributed by atoms with Gasteiger partial charge in [-0.3, -0.25) is 0 Å². The van der Waals surface area contributed by atoms with Crippen LogP contribution in [0.25, 0.3) is 50.8 Å². The Morgan fingerprint density at radius 2 is 0.900 bits per heavy atom. The molecule has 7 aromatic rings. The summed E-state index contributed by atoms with van der Waals surface area (Å²) in [5.74, 6) is 0. The lowest BCUT2D eigenvalue weighted by Crippen LogP contribution is -2.10. The zero-order valence-electron chi connectivity index (χ0n) is 29.6. The summed E-state index contributed by atoms with van der Waals surface area (Å²) in [4.78, 5) is 0.593. The van der Waals surface area contributed by atoms with E-state index in [1.54, 1.807) is 36.4 Å². The predicted octanol–water partition coefficient (Wildman–Crippen LogP) is 12.0. The van der Waals surface area contributed by atoms with Crippen LogP contribution in [0.5, 0.6) is 0 Å². The molecule has 6 aromatic carbocycles. The predicted molar refractivity (Wildman–Crippen MR) is 211 cm³/mol. The summed E-state index contributed by atoms with van der Waals surface area (Å²) >= 11 is 0. The molecule has 1 aromatic heterocycles. The third kappa shape index (κ3) is 6.44. The maximum Gasteiger partial charge on any atom is 0.206 e. The van der Waals surface area contributed by atoms with Crippen molar-refractivity contribution in [3.63, 3.8) is 0 Å². The highest BCUT2D eigenvalue weighted by atomic mass is 32.2. The van der Waals surface area contributed by atoms with Crippen LogP contribution in [-0.4, -0.2) is 13.0 Å². The van der Waals surface area contributed by atoms with Gasteiger partial charge in [-0.1, -0.05) is 133 Å². The lowest BCUT2D eigenvalue weighted by molar-refractivity contribution is 0.590. The Hall–Kier alpha value is -5.19. The van der Waals surface area contributed by atoms with E-state index in [-0.39, 0.29) is 10.8 Å². The van der Waals surface area contributed by atoms with Crippen molar-refractivity contribution < 1.29 is 8.42 Å². The first-order valence-electron chi connectivity index (χ1n) is 17.2. The Balaban J connectivity index is 1.13. The van der Waals surface area contributed by atoms with E-state index in [1.165, 1.54) is 32.9 Å². The van der Waals surface area contributed by atoms with Gasteiger partial charge >= 0.3 is 0 Å². The molecular weight excluding hydrogens is 631 g/mol. The second-order valence-electron chi connectivity index (χ2n) is 15.2. The molecule has 1 heterocycles. The van der Waals surface area contributed by atoms with Gasteiger partial charge in [-0.25, -0.2) is 8.42 Å². The van der Waals surface area contributed by atoms with Crippen molar-refractivity contribution in [1.29, 1.82) is 0 Å². The number of nitrogens with zero attached hydrogens (tertiary/aromatic N) is 1. The summed E-state index contributed by atoms with van der Waals surface area (Å²) in [6, 6.07) is 46.6. The third-order valence-corrected chi connectivity index (χ3v) is 11.4. The van der Waals surface area contributed by atoms with Crippen LogP contribution in [0.1, 0.15) is 63.8 Å². The van der Waals surface area contributed by atoms with Crippen molar-refractivity contribution in [1.82, 2.24) is 4.57 Å². The Morgan fingerprint density at radius 1 is 0.480 bits per heavy atom. The minimum Gasteiger partial charge on any atom is -0.309 e. The van der Waals surface area contributed by atoms with Crippen LogP contribution >= 0.6 is 0 Å². The summed E-state index contributed by atoms with van der Waals surface area (Å²) in [5.41, 5.74) is 10.6. The number of benzene rings is 6. The second-order valence-corrected chi connectivity index (χ2v) is 17.1. The average Bonchev–Trinajstić information content (AvgIpc) is 3.44. The van der Waals surface area contributed by atoms with Gasteiger partial charge in [-0.15, -0.1) is 0 Å². The van der Waals surface area contributed by atoms with Crippen LogP contribution < -0.4 is 0 Å². The molecule has 0 unspecified atom stereocenters. The van der Waals surface area contributed by atoms with Gasteiger partial charge in [0.2, 0.25) is 9.84 Å². The van der Waals surface area contributed by atoms with Gasteiger partial charge in [0.1, 0.15) is 0 Å². The fourth-order valence-corrected chi connectivity index (χ4v) is 7.79. The fraction of sp³-hybridized carbons (Fsp3) is 0.174. The summed E-state index contributed by atoms with van der Waals surface area (Å²) in [6.07, 6.45) is 4.26. The molecule has 50 heavy (non-hydrogen) atoms. The molecule has 0 aliphatic heterocycles. The van der Waals surface area contributed by atoms with Crippen LogP contribution in [0.3, 0.4) is 0 Å². The maximum atomic E-state index is 13.0. The normalized spacial score (nSPS) is 12.7. The Kier molecular flexibility index (Phi) is 8.40. The zero-order valence-corrected chi connectivity index (χ0v) is 30.4. The average molecular weight is 674 g/mol. The maximum absolute atomic E-state index is 13.0. The van der Waals surface area contributed by atoms with E-state index in [1.807, 2.05) is 18.2 Å². The number of fused-ring (bicyclic) bond motifs is 3. The van der Waals surface area contributed by atoms with Gasteiger partial charge in [0.25, 0.3) is 0 Å². The van der Waals surface area contributed by atoms with Gasteiger partial charge in [-0.2, -0.15) is 0 Å². The van der Waals surface area contributed by atoms with Gasteiger partial charge in [0.15, 0.2) is 0 Å². The highest BCUT2D eigenvalue weighted by Gasteiger charge is 2.21. The van der Waals surface area contributed by atoms with Gasteiger partial charge in [0, 0.05) is 16.5 Å². The molecule has 4 heteroatoms.